The van der Waals surface area contributed by atoms with Gasteiger partial charge in [-0.1, -0.05) is 11.6 Å². The molecule has 0 saturated carbocycles. The van der Waals surface area contributed by atoms with Gasteiger partial charge in [-0.15, -0.1) is 12.4 Å². The van der Waals surface area contributed by atoms with Crippen molar-refractivity contribution in [1.29, 1.82) is 0 Å². The Morgan fingerprint density at radius 2 is 1.60 bits per heavy atom. The van der Waals surface area contributed by atoms with Crippen molar-refractivity contribution in [3.8, 4) is 5.75 Å². The maximum Gasteiger partial charge on any atom is 0.350 e. The summed E-state index contributed by atoms with van der Waals surface area (Å²) in [6.45, 7) is 11.5. The van der Waals surface area contributed by atoms with Crippen LogP contribution < -0.4 is 4.74 Å². The number of carbonyl (C=O) groups excluding carboxylic acids is 2. The molecule has 2 saturated heterocycles. The van der Waals surface area contributed by atoms with E-state index in [1.54, 1.807) is 76.2 Å². The van der Waals surface area contributed by atoms with Crippen LogP contribution in [0.5, 0.6) is 5.75 Å². The second-order valence-electron chi connectivity index (χ2n) is 12.7. The zero-order chi connectivity index (χ0) is 34.2. The number of aliphatic hydroxyl groups is 2. The van der Waals surface area contributed by atoms with Crippen LogP contribution in [0.3, 0.4) is 0 Å². The molecule has 264 valence electrons. The number of fused-ring (bicyclic) bond motifs is 1. The Kier molecular flexibility index (Phi) is 15.6. The number of hydrogen-bond acceptors (Lipinski definition) is 11. The fourth-order valence-electron chi connectivity index (χ4n) is 4.84. The number of benzene rings is 2. The maximum atomic E-state index is 12.4. The first-order valence-electron chi connectivity index (χ1n) is 15.4. The molecule has 47 heavy (non-hydrogen) atoms. The number of ether oxygens (including phenoxy) is 6. The number of aliphatic hydroxyl groups excluding tert-OH is 2. The lowest BCUT2D eigenvalue weighted by Gasteiger charge is -2.28. The third-order valence-electron chi connectivity index (χ3n) is 7.08. The average molecular weight is 703 g/mol. The largest absolute Gasteiger partial charge is 0.476 e. The molecule has 0 radical (unpaired) electrons. The van der Waals surface area contributed by atoms with Crippen molar-refractivity contribution < 1.29 is 48.2 Å². The topological polar surface area (TPSA) is 133 Å². The van der Waals surface area contributed by atoms with Crippen LogP contribution in [0.4, 0.5) is 0 Å². The van der Waals surface area contributed by atoms with Crippen LogP contribution in [0.15, 0.2) is 48.5 Å². The van der Waals surface area contributed by atoms with Gasteiger partial charge in [-0.2, -0.15) is 0 Å². The zero-order valence-electron chi connectivity index (χ0n) is 28.3. The molecular weight excluding hydrogens is 653 g/mol. The predicted octanol–water partition coefficient (Wildman–Crippen LogP) is 4.65. The standard InChI is InChI=1S/C20H21ClO4.C14H27NO6.ClH/c1-13(2)24-19(23)20(3,4)25-17-11-7-15(8-12-17)18(22)14-5-9-16(21)10-6-14;1-14(2)20-12-11(18-7-5-6-15(3)4)10(9(17)8-16)19-13(12)21-14;/h5-13H,1-4H3;9-13,16-17H,5-8H2,1-4H3;1H. The smallest absolute Gasteiger partial charge is 0.350 e. The van der Waals surface area contributed by atoms with Gasteiger partial charge >= 0.3 is 5.97 Å². The van der Waals surface area contributed by atoms with Crippen molar-refractivity contribution in [2.75, 3.05) is 33.9 Å². The molecule has 4 rings (SSSR count). The molecule has 2 aliphatic rings. The molecule has 2 N–H and O–H groups in total. The van der Waals surface area contributed by atoms with Crippen molar-refractivity contribution in [2.24, 2.45) is 0 Å². The molecule has 13 heteroatoms. The summed E-state index contributed by atoms with van der Waals surface area (Å²) < 4.78 is 33.9. The highest BCUT2D eigenvalue weighted by molar-refractivity contribution is 6.30. The molecule has 2 heterocycles. The molecule has 2 aromatic rings. The highest BCUT2D eigenvalue weighted by atomic mass is 35.5. The number of ketones is 1. The van der Waals surface area contributed by atoms with Gasteiger partial charge < -0.3 is 43.5 Å². The normalized spacial score (nSPS) is 22.1. The molecule has 5 unspecified atom stereocenters. The van der Waals surface area contributed by atoms with E-state index in [1.165, 1.54) is 0 Å². The third-order valence-corrected chi connectivity index (χ3v) is 7.34. The van der Waals surface area contributed by atoms with Crippen LogP contribution in [0.1, 0.15) is 63.9 Å². The Morgan fingerprint density at radius 1 is 1.02 bits per heavy atom. The zero-order valence-corrected chi connectivity index (χ0v) is 29.9. The SMILES string of the molecule is CC(C)OC(=O)C(C)(C)Oc1ccc(C(=O)c2ccc(Cl)cc2)cc1.CN(C)CCCOC1C(C(O)CO)OC2OC(C)(C)OC21.Cl. The van der Waals surface area contributed by atoms with Crippen LogP contribution in [0.2, 0.25) is 5.02 Å². The van der Waals surface area contributed by atoms with Gasteiger partial charge in [0, 0.05) is 22.8 Å². The van der Waals surface area contributed by atoms with E-state index in [4.69, 9.17) is 45.1 Å². The number of nitrogens with zero attached hydrogens (tertiary/aromatic N) is 1. The fraction of sp³-hybridized carbons (Fsp3) is 0.588. The van der Waals surface area contributed by atoms with E-state index in [1.807, 2.05) is 27.9 Å². The Hall–Kier alpha value is -2.32. The van der Waals surface area contributed by atoms with Gasteiger partial charge in [-0.25, -0.2) is 4.79 Å². The molecule has 0 aromatic heterocycles. The Balaban J connectivity index is 0.000000324. The molecule has 5 atom stereocenters. The maximum absolute atomic E-state index is 12.4. The first kappa shape index (κ1) is 40.9. The summed E-state index contributed by atoms with van der Waals surface area (Å²) >= 11 is 5.84. The van der Waals surface area contributed by atoms with Crippen LogP contribution >= 0.6 is 24.0 Å². The second kappa shape index (κ2) is 17.9. The highest BCUT2D eigenvalue weighted by Crippen LogP contribution is 2.39. The van der Waals surface area contributed by atoms with Gasteiger partial charge in [-0.05, 0) is 117 Å². The van der Waals surface area contributed by atoms with Gasteiger partial charge in [-0.3, -0.25) is 4.79 Å². The number of halogens is 2. The first-order valence-corrected chi connectivity index (χ1v) is 15.8. The average Bonchev–Trinajstić information content (AvgIpc) is 3.46. The van der Waals surface area contributed by atoms with E-state index < -0.39 is 42.0 Å². The molecule has 2 aliphatic heterocycles. The lowest BCUT2D eigenvalue weighted by Crippen LogP contribution is -2.44. The molecule has 0 bridgehead atoms. The van der Waals surface area contributed by atoms with E-state index >= 15 is 0 Å². The van der Waals surface area contributed by atoms with Gasteiger partial charge in [0.05, 0.1) is 12.7 Å². The van der Waals surface area contributed by atoms with Crippen LogP contribution in [0.25, 0.3) is 0 Å². The Morgan fingerprint density at radius 3 is 2.13 bits per heavy atom. The van der Waals surface area contributed by atoms with Crippen molar-refractivity contribution in [2.45, 2.75) is 96.2 Å². The first-order chi connectivity index (χ1) is 21.5. The van der Waals surface area contributed by atoms with Crippen molar-refractivity contribution in [3.05, 3.63) is 64.7 Å². The molecule has 0 spiro atoms. The van der Waals surface area contributed by atoms with Gasteiger partial charge in [0.25, 0.3) is 0 Å². The predicted molar refractivity (Wildman–Crippen MR) is 179 cm³/mol. The van der Waals surface area contributed by atoms with Crippen LogP contribution in [-0.2, 0) is 28.5 Å². The third kappa shape index (κ3) is 12.0. The molecular formula is C34H49Cl2NO10. The van der Waals surface area contributed by atoms with Crippen LogP contribution in [-0.4, -0.2) is 109 Å². The van der Waals surface area contributed by atoms with Gasteiger partial charge in [0.2, 0.25) is 0 Å². The fourth-order valence-corrected chi connectivity index (χ4v) is 4.97. The second-order valence-corrected chi connectivity index (χ2v) is 13.2. The summed E-state index contributed by atoms with van der Waals surface area (Å²) in [6.07, 6.45) is -2.38. The van der Waals surface area contributed by atoms with Gasteiger partial charge in [0.1, 0.15) is 30.2 Å². The molecule has 2 aromatic carbocycles. The number of rotatable bonds is 13. The monoisotopic (exact) mass is 701 g/mol. The lowest BCUT2D eigenvalue weighted by molar-refractivity contribution is -0.231. The van der Waals surface area contributed by atoms with E-state index in [0.717, 1.165) is 13.0 Å². The van der Waals surface area contributed by atoms with Crippen LogP contribution in [0, 0.1) is 0 Å². The lowest BCUT2D eigenvalue weighted by atomic mass is 10.0. The van der Waals surface area contributed by atoms with E-state index in [2.05, 4.69) is 4.90 Å². The highest BCUT2D eigenvalue weighted by Gasteiger charge is 2.56. The summed E-state index contributed by atoms with van der Waals surface area (Å²) in [5, 5.41) is 19.6. The summed E-state index contributed by atoms with van der Waals surface area (Å²) in [4.78, 5) is 26.6. The summed E-state index contributed by atoms with van der Waals surface area (Å²) in [5.41, 5.74) is -0.0393. The van der Waals surface area contributed by atoms with E-state index in [-0.39, 0.29) is 37.0 Å². The number of esters is 1. The summed E-state index contributed by atoms with van der Waals surface area (Å²) in [5.74, 6) is -0.792. The molecule has 2 fully saturated rings. The minimum atomic E-state index is -1.12. The molecule has 11 nitrogen and oxygen atoms in total. The summed E-state index contributed by atoms with van der Waals surface area (Å²) in [6, 6.07) is 13.4. The molecule has 0 aliphatic carbocycles. The number of carbonyl (C=O) groups is 2. The van der Waals surface area contributed by atoms with Crippen molar-refractivity contribution >= 4 is 35.8 Å². The Labute approximate surface area is 288 Å². The van der Waals surface area contributed by atoms with E-state index in [0.29, 0.717) is 28.5 Å². The van der Waals surface area contributed by atoms with E-state index in [9.17, 15) is 14.7 Å². The number of hydrogen-bond donors (Lipinski definition) is 2. The van der Waals surface area contributed by atoms with Crippen molar-refractivity contribution in [1.82, 2.24) is 4.90 Å². The minimum Gasteiger partial charge on any atom is -0.476 e. The summed E-state index contributed by atoms with van der Waals surface area (Å²) in [7, 11) is 4.01. The Bertz CT molecular complexity index is 1270. The minimum absolute atomic E-state index is 0. The molecule has 0 amide bonds. The van der Waals surface area contributed by atoms with Crippen molar-refractivity contribution in [3.63, 3.8) is 0 Å². The van der Waals surface area contributed by atoms with Gasteiger partial charge in [0.15, 0.2) is 23.5 Å². The quantitative estimate of drug-likeness (QED) is 0.172.